The first kappa shape index (κ1) is 15.5. The average Bonchev–Trinajstić information content (AvgIpc) is 2.82. The van der Waals surface area contributed by atoms with Crippen molar-refractivity contribution in [2.75, 3.05) is 0 Å². The van der Waals surface area contributed by atoms with Crippen LogP contribution in [0.2, 0.25) is 5.02 Å². The molecular formula is C20H15ClN4. The molecule has 1 aliphatic heterocycles. The zero-order valence-corrected chi connectivity index (χ0v) is 14.3. The van der Waals surface area contributed by atoms with Crippen LogP contribution in [0.4, 0.5) is 5.69 Å². The Bertz CT molecular complexity index is 976. The fourth-order valence-electron chi connectivity index (χ4n) is 2.67. The molecule has 0 aliphatic carbocycles. The zero-order chi connectivity index (χ0) is 17.2. The molecule has 5 heteroatoms. The first-order valence-corrected chi connectivity index (χ1v) is 8.28. The van der Waals surface area contributed by atoms with Gasteiger partial charge in [0.15, 0.2) is 5.84 Å². The van der Waals surface area contributed by atoms with E-state index in [9.17, 15) is 0 Å². The number of hydrazone groups is 1. The van der Waals surface area contributed by atoms with Crippen molar-refractivity contribution in [1.82, 2.24) is 10.4 Å². The van der Waals surface area contributed by atoms with Gasteiger partial charge in [0.25, 0.3) is 0 Å². The molecule has 0 fully saturated rings. The molecule has 0 bridgehead atoms. The molecule has 0 saturated carbocycles. The van der Waals surface area contributed by atoms with Crippen molar-refractivity contribution in [3.8, 4) is 0 Å². The van der Waals surface area contributed by atoms with Crippen LogP contribution in [0, 0.1) is 6.92 Å². The van der Waals surface area contributed by atoms with Crippen LogP contribution in [0.15, 0.2) is 77.1 Å². The van der Waals surface area contributed by atoms with Crippen LogP contribution in [0.1, 0.15) is 22.3 Å². The highest BCUT2D eigenvalue weighted by Crippen LogP contribution is 2.28. The number of fused-ring (bicyclic) bond motifs is 1. The fraction of sp³-hybridized carbons (Fsp3) is 0.0500. The van der Waals surface area contributed by atoms with E-state index in [1.807, 2.05) is 42.5 Å². The number of hydrogen-bond donors (Lipinski definition) is 1. The zero-order valence-electron chi connectivity index (χ0n) is 13.6. The third kappa shape index (κ3) is 3.16. The van der Waals surface area contributed by atoms with Gasteiger partial charge in [-0.1, -0.05) is 41.4 Å². The van der Waals surface area contributed by atoms with Crippen molar-refractivity contribution in [3.05, 3.63) is 94.3 Å². The number of nitrogens with one attached hydrogen (secondary N) is 1. The highest BCUT2D eigenvalue weighted by molar-refractivity contribution is 6.31. The van der Waals surface area contributed by atoms with Crippen molar-refractivity contribution in [2.45, 2.75) is 6.92 Å². The highest BCUT2D eigenvalue weighted by Gasteiger charge is 2.17. The number of aromatic nitrogens is 1. The molecule has 1 N–H and O–H groups in total. The van der Waals surface area contributed by atoms with E-state index in [1.54, 1.807) is 12.4 Å². The molecule has 2 heterocycles. The van der Waals surface area contributed by atoms with Crippen LogP contribution in [0.3, 0.4) is 0 Å². The largest absolute Gasteiger partial charge is 0.264 e. The van der Waals surface area contributed by atoms with Gasteiger partial charge >= 0.3 is 0 Å². The second-order valence-corrected chi connectivity index (χ2v) is 6.24. The van der Waals surface area contributed by atoms with Crippen molar-refractivity contribution < 1.29 is 0 Å². The lowest BCUT2D eigenvalue weighted by Crippen LogP contribution is -2.19. The van der Waals surface area contributed by atoms with Gasteiger partial charge in [0, 0.05) is 34.1 Å². The fourth-order valence-corrected chi connectivity index (χ4v) is 2.85. The number of aryl methyl sites for hydroxylation is 1. The van der Waals surface area contributed by atoms with Crippen molar-refractivity contribution in [1.29, 1.82) is 0 Å². The molecule has 122 valence electrons. The third-order valence-corrected chi connectivity index (χ3v) is 4.21. The summed E-state index contributed by atoms with van der Waals surface area (Å²) in [6.07, 6.45) is 3.52. The Kier molecular flexibility index (Phi) is 4.04. The summed E-state index contributed by atoms with van der Waals surface area (Å²) in [4.78, 5) is 8.96. The Labute approximate surface area is 150 Å². The number of halogens is 1. The van der Waals surface area contributed by atoms with Gasteiger partial charge in [0.1, 0.15) is 5.71 Å². The minimum absolute atomic E-state index is 0.643. The molecule has 2 aromatic carbocycles. The molecule has 3 aromatic rings. The van der Waals surface area contributed by atoms with Gasteiger partial charge in [0.05, 0.1) is 5.69 Å². The topological polar surface area (TPSA) is 49.6 Å². The Morgan fingerprint density at radius 3 is 2.56 bits per heavy atom. The van der Waals surface area contributed by atoms with Crippen molar-refractivity contribution in [3.63, 3.8) is 0 Å². The van der Waals surface area contributed by atoms with E-state index in [-0.39, 0.29) is 0 Å². The molecule has 0 amide bonds. The third-order valence-electron chi connectivity index (χ3n) is 3.98. The van der Waals surface area contributed by atoms with Gasteiger partial charge in [-0.15, -0.1) is 0 Å². The molecule has 0 spiro atoms. The quantitative estimate of drug-likeness (QED) is 0.743. The average molecular weight is 347 g/mol. The number of aliphatic imine (C=N–C) groups is 1. The van der Waals surface area contributed by atoms with E-state index in [2.05, 4.69) is 34.6 Å². The van der Waals surface area contributed by atoms with Crippen LogP contribution in [0.5, 0.6) is 0 Å². The van der Waals surface area contributed by atoms with Crippen LogP contribution in [0.25, 0.3) is 0 Å². The van der Waals surface area contributed by atoms with Gasteiger partial charge in [-0.25, -0.2) is 4.99 Å². The minimum atomic E-state index is 0.643. The summed E-state index contributed by atoms with van der Waals surface area (Å²) in [5.41, 5.74) is 8.62. The number of pyridine rings is 1. The Morgan fingerprint density at radius 1 is 0.960 bits per heavy atom. The number of rotatable bonds is 2. The second kappa shape index (κ2) is 6.49. The Balaban J connectivity index is 1.87. The van der Waals surface area contributed by atoms with E-state index < -0.39 is 0 Å². The normalized spacial score (nSPS) is 13.2. The number of amidine groups is 1. The van der Waals surface area contributed by atoms with Gasteiger partial charge in [-0.2, -0.15) is 5.10 Å². The lowest BCUT2D eigenvalue weighted by atomic mass is 10.0. The first-order chi connectivity index (χ1) is 12.2. The Hall–Kier alpha value is -2.98. The monoisotopic (exact) mass is 346 g/mol. The number of benzene rings is 2. The van der Waals surface area contributed by atoms with E-state index in [4.69, 9.17) is 16.6 Å². The van der Waals surface area contributed by atoms with E-state index in [0.29, 0.717) is 10.9 Å². The number of nitrogens with zero attached hydrogens (tertiary/aromatic N) is 3. The predicted molar refractivity (Wildman–Crippen MR) is 102 cm³/mol. The summed E-state index contributed by atoms with van der Waals surface area (Å²) in [7, 11) is 0. The van der Waals surface area contributed by atoms with Gasteiger partial charge in [-0.05, 0) is 37.3 Å². The molecule has 0 atom stereocenters. The standard InChI is InChI=1S/C20H15ClN4/c1-13-4-6-14(7-5-13)20-23-18-9-8-16(21)11-17(18)19(24-25-20)15-3-2-10-22-12-15/h2-12H,1H3,(H,23,25). The summed E-state index contributed by atoms with van der Waals surface area (Å²) in [6, 6.07) is 17.6. The summed E-state index contributed by atoms with van der Waals surface area (Å²) < 4.78 is 0. The maximum Gasteiger partial charge on any atom is 0.154 e. The van der Waals surface area contributed by atoms with Crippen molar-refractivity contribution >= 4 is 28.8 Å². The Morgan fingerprint density at radius 2 is 1.80 bits per heavy atom. The lowest BCUT2D eigenvalue weighted by Gasteiger charge is -2.07. The predicted octanol–water partition coefficient (Wildman–Crippen LogP) is 4.48. The van der Waals surface area contributed by atoms with Gasteiger partial charge in [0.2, 0.25) is 0 Å². The van der Waals surface area contributed by atoms with Gasteiger partial charge in [-0.3, -0.25) is 10.4 Å². The SMILES string of the molecule is Cc1ccc(C2=Nc3ccc(Cl)cc3C(c3cccnc3)=NN2)cc1. The molecule has 0 saturated heterocycles. The molecule has 0 radical (unpaired) electrons. The van der Waals surface area contributed by atoms with Crippen LogP contribution >= 0.6 is 11.6 Å². The summed E-state index contributed by atoms with van der Waals surface area (Å²) in [5.74, 6) is 0.697. The maximum atomic E-state index is 6.21. The van der Waals surface area contributed by atoms with Crippen molar-refractivity contribution in [2.24, 2.45) is 10.1 Å². The highest BCUT2D eigenvalue weighted by atomic mass is 35.5. The van der Waals surface area contributed by atoms with Gasteiger partial charge < -0.3 is 0 Å². The summed E-state index contributed by atoms with van der Waals surface area (Å²) >= 11 is 6.21. The molecule has 1 aliphatic rings. The molecule has 4 nitrogen and oxygen atoms in total. The second-order valence-electron chi connectivity index (χ2n) is 5.80. The molecule has 1 aromatic heterocycles. The maximum absolute atomic E-state index is 6.21. The molecule has 4 rings (SSSR count). The molecule has 25 heavy (non-hydrogen) atoms. The smallest absolute Gasteiger partial charge is 0.154 e. The minimum Gasteiger partial charge on any atom is -0.264 e. The number of hydrogen-bond acceptors (Lipinski definition) is 4. The molecular weight excluding hydrogens is 332 g/mol. The molecule has 0 unspecified atom stereocenters. The summed E-state index contributed by atoms with van der Waals surface area (Å²) in [6.45, 7) is 2.06. The van der Waals surface area contributed by atoms with E-state index >= 15 is 0 Å². The van der Waals surface area contributed by atoms with Crippen LogP contribution in [-0.4, -0.2) is 16.5 Å². The first-order valence-electron chi connectivity index (χ1n) is 7.90. The van der Waals surface area contributed by atoms with Crippen LogP contribution < -0.4 is 5.43 Å². The van der Waals surface area contributed by atoms with E-state index in [0.717, 1.165) is 28.1 Å². The van der Waals surface area contributed by atoms with Crippen LogP contribution in [-0.2, 0) is 0 Å². The summed E-state index contributed by atoms with van der Waals surface area (Å²) in [5, 5.41) is 5.24. The van der Waals surface area contributed by atoms with E-state index in [1.165, 1.54) is 5.56 Å². The lowest BCUT2D eigenvalue weighted by molar-refractivity contribution is 1.03.